The molecule has 0 aliphatic rings. The molecule has 1 heterocycles. The lowest BCUT2D eigenvalue weighted by atomic mass is 9.95. The van der Waals surface area contributed by atoms with Gasteiger partial charge in [-0.25, -0.2) is 9.78 Å². The van der Waals surface area contributed by atoms with Crippen molar-refractivity contribution in [2.75, 3.05) is 39.7 Å². The summed E-state index contributed by atoms with van der Waals surface area (Å²) in [7, 11) is 4.43. The topological polar surface area (TPSA) is 99.2 Å². The van der Waals surface area contributed by atoms with Crippen molar-refractivity contribution in [2.45, 2.75) is 34.6 Å². The van der Waals surface area contributed by atoms with Crippen molar-refractivity contribution in [1.82, 2.24) is 9.88 Å². The Kier molecular flexibility index (Phi) is 8.50. The van der Waals surface area contributed by atoms with Gasteiger partial charge in [-0.2, -0.15) is 0 Å². The number of pyridine rings is 1. The summed E-state index contributed by atoms with van der Waals surface area (Å²) in [6.45, 7) is 10.1. The maximum absolute atomic E-state index is 12.8. The predicted molar refractivity (Wildman–Crippen MR) is 126 cm³/mol. The molecule has 180 valence electrons. The van der Waals surface area contributed by atoms with Crippen LogP contribution >= 0.6 is 0 Å². The Balaban J connectivity index is 2.76. The summed E-state index contributed by atoms with van der Waals surface area (Å²) in [5.74, 6) is 0.802. The standard InChI is InChI=1S/C24H33N3O6/c1-9-27(10-2)23(29)33-19-16(11-12-17(30-6)20(19)31-7)15-13-14-25-21(32-8)18(15)26-22(28)24(3,4)5/h11-14H,9-10H2,1-8H3,(H,26,28). The van der Waals surface area contributed by atoms with Crippen LogP contribution in [0, 0.1) is 5.41 Å². The third-order valence-electron chi connectivity index (χ3n) is 5.03. The zero-order chi connectivity index (χ0) is 24.8. The summed E-state index contributed by atoms with van der Waals surface area (Å²) in [6.07, 6.45) is 1.02. The largest absolute Gasteiger partial charge is 0.493 e. The molecule has 0 spiro atoms. The van der Waals surface area contributed by atoms with Gasteiger partial charge in [0, 0.05) is 35.8 Å². The molecule has 0 saturated heterocycles. The molecule has 1 aromatic heterocycles. The van der Waals surface area contributed by atoms with Crippen LogP contribution in [-0.4, -0.2) is 56.3 Å². The molecule has 2 amide bonds. The van der Waals surface area contributed by atoms with Crippen LogP contribution in [0.1, 0.15) is 34.6 Å². The SMILES string of the molecule is CCN(CC)C(=O)Oc1c(-c2ccnc(OC)c2NC(=O)C(C)(C)C)ccc(OC)c1OC. The Hall–Kier alpha value is -3.49. The van der Waals surface area contributed by atoms with E-state index in [1.54, 1.807) is 45.2 Å². The van der Waals surface area contributed by atoms with E-state index in [9.17, 15) is 9.59 Å². The number of carbonyl (C=O) groups is 2. The van der Waals surface area contributed by atoms with Gasteiger partial charge in [0.05, 0.1) is 21.3 Å². The van der Waals surface area contributed by atoms with E-state index in [4.69, 9.17) is 18.9 Å². The van der Waals surface area contributed by atoms with E-state index in [1.165, 1.54) is 26.2 Å². The number of nitrogens with one attached hydrogen (secondary N) is 1. The van der Waals surface area contributed by atoms with Crippen LogP contribution in [0.4, 0.5) is 10.5 Å². The molecular weight excluding hydrogens is 426 g/mol. The molecule has 0 radical (unpaired) electrons. The second-order valence-corrected chi connectivity index (χ2v) is 8.16. The van der Waals surface area contributed by atoms with Gasteiger partial charge < -0.3 is 29.2 Å². The molecule has 0 atom stereocenters. The number of methoxy groups -OCH3 is 3. The first-order chi connectivity index (χ1) is 15.6. The van der Waals surface area contributed by atoms with Gasteiger partial charge in [0.1, 0.15) is 5.69 Å². The van der Waals surface area contributed by atoms with Crippen LogP contribution in [0.3, 0.4) is 0 Å². The quantitative estimate of drug-likeness (QED) is 0.616. The number of anilines is 1. The first-order valence-corrected chi connectivity index (χ1v) is 10.7. The van der Waals surface area contributed by atoms with Gasteiger partial charge >= 0.3 is 6.09 Å². The molecule has 0 bridgehead atoms. The van der Waals surface area contributed by atoms with Crippen molar-refractivity contribution in [3.05, 3.63) is 24.4 Å². The minimum Gasteiger partial charge on any atom is -0.493 e. The Bertz CT molecular complexity index is 996. The summed E-state index contributed by atoms with van der Waals surface area (Å²) < 4.78 is 22.2. The van der Waals surface area contributed by atoms with Crippen LogP contribution in [0.2, 0.25) is 0 Å². The molecule has 1 N–H and O–H groups in total. The smallest absolute Gasteiger partial charge is 0.415 e. The van der Waals surface area contributed by atoms with Gasteiger partial charge in [-0.05, 0) is 32.0 Å². The third-order valence-corrected chi connectivity index (χ3v) is 5.03. The first kappa shape index (κ1) is 25.8. The van der Waals surface area contributed by atoms with E-state index in [0.29, 0.717) is 35.7 Å². The lowest BCUT2D eigenvalue weighted by Gasteiger charge is -2.23. The van der Waals surface area contributed by atoms with Gasteiger partial charge in [-0.15, -0.1) is 0 Å². The van der Waals surface area contributed by atoms with E-state index >= 15 is 0 Å². The highest BCUT2D eigenvalue weighted by molar-refractivity contribution is 6.00. The number of benzene rings is 1. The molecule has 9 heteroatoms. The van der Waals surface area contributed by atoms with Crippen LogP contribution in [0.15, 0.2) is 24.4 Å². The first-order valence-electron chi connectivity index (χ1n) is 10.7. The number of hydrogen-bond acceptors (Lipinski definition) is 7. The number of aromatic nitrogens is 1. The van der Waals surface area contributed by atoms with Crippen molar-refractivity contribution < 1.29 is 28.5 Å². The summed E-state index contributed by atoms with van der Waals surface area (Å²) in [5, 5.41) is 2.91. The Morgan fingerprint density at radius 2 is 1.61 bits per heavy atom. The molecular formula is C24H33N3O6. The maximum atomic E-state index is 12.8. The van der Waals surface area contributed by atoms with Crippen molar-refractivity contribution in [3.63, 3.8) is 0 Å². The molecule has 0 fully saturated rings. The lowest BCUT2D eigenvalue weighted by Crippen LogP contribution is -2.33. The van der Waals surface area contributed by atoms with Crippen molar-refractivity contribution in [1.29, 1.82) is 0 Å². The average Bonchev–Trinajstić information content (AvgIpc) is 2.79. The summed E-state index contributed by atoms with van der Waals surface area (Å²) >= 11 is 0. The Morgan fingerprint density at radius 1 is 0.939 bits per heavy atom. The van der Waals surface area contributed by atoms with Gasteiger partial charge in [-0.1, -0.05) is 20.8 Å². The fraction of sp³-hybridized carbons (Fsp3) is 0.458. The zero-order valence-electron chi connectivity index (χ0n) is 20.6. The van der Waals surface area contributed by atoms with E-state index in [-0.39, 0.29) is 23.3 Å². The molecule has 1 aromatic carbocycles. The fourth-order valence-corrected chi connectivity index (χ4v) is 3.09. The summed E-state index contributed by atoms with van der Waals surface area (Å²) in [6, 6.07) is 5.13. The highest BCUT2D eigenvalue weighted by atomic mass is 16.6. The van der Waals surface area contributed by atoms with Crippen LogP contribution in [-0.2, 0) is 4.79 Å². The second kappa shape index (κ2) is 10.9. The Labute approximate surface area is 195 Å². The summed E-state index contributed by atoms with van der Waals surface area (Å²) in [5.41, 5.74) is 0.737. The molecule has 0 aliphatic carbocycles. The van der Waals surface area contributed by atoms with Gasteiger partial charge in [0.25, 0.3) is 0 Å². The van der Waals surface area contributed by atoms with Crippen LogP contribution in [0.25, 0.3) is 11.1 Å². The Morgan fingerprint density at radius 3 is 2.12 bits per heavy atom. The van der Waals surface area contributed by atoms with Gasteiger partial charge in [0.2, 0.25) is 17.5 Å². The maximum Gasteiger partial charge on any atom is 0.415 e. The minimum atomic E-state index is -0.659. The third kappa shape index (κ3) is 5.66. The van der Waals surface area contributed by atoms with E-state index in [1.807, 2.05) is 13.8 Å². The van der Waals surface area contributed by atoms with E-state index < -0.39 is 11.5 Å². The molecule has 0 saturated carbocycles. The number of ether oxygens (including phenoxy) is 4. The fourth-order valence-electron chi connectivity index (χ4n) is 3.09. The predicted octanol–water partition coefficient (Wildman–Crippen LogP) is 4.60. The number of rotatable bonds is 8. The van der Waals surface area contributed by atoms with Gasteiger partial charge in [-0.3, -0.25) is 4.79 Å². The highest BCUT2D eigenvalue weighted by Gasteiger charge is 2.28. The van der Waals surface area contributed by atoms with E-state index in [2.05, 4.69) is 10.3 Å². The number of nitrogens with zero attached hydrogens (tertiary/aromatic N) is 2. The van der Waals surface area contributed by atoms with E-state index in [0.717, 1.165) is 0 Å². The highest BCUT2D eigenvalue weighted by Crippen LogP contribution is 2.47. The van der Waals surface area contributed by atoms with Crippen LogP contribution < -0.4 is 24.3 Å². The number of amides is 2. The van der Waals surface area contributed by atoms with Crippen molar-refractivity contribution >= 4 is 17.7 Å². The molecule has 33 heavy (non-hydrogen) atoms. The molecule has 0 aliphatic heterocycles. The molecule has 9 nitrogen and oxygen atoms in total. The average molecular weight is 460 g/mol. The molecule has 2 rings (SSSR count). The summed E-state index contributed by atoms with van der Waals surface area (Å²) in [4.78, 5) is 31.4. The minimum absolute atomic E-state index is 0.160. The normalized spacial score (nSPS) is 10.9. The number of carbonyl (C=O) groups excluding carboxylic acids is 2. The molecule has 2 aromatic rings. The lowest BCUT2D eigenvalue weighted by molar-refractivity contribution is -0.123. The van der Waals surface area contributed by atoms with Crippen molar-refractivity contribution in [2.24, 2.45) is 5.41 Å². The second-order valence-electron chi connectivity index (χ2n) is 8.16. The molecule has 0 unspecified atom stereocenters. The number of hydrogen-bond donors (Lipinski definition) is 1. The van der Waals surface area contributed by atoms with Gasteiger partial charge in [0.15, 0.2) is 11.5 Å². The zero-order valence-corrected chi connectivity index (χ0v) is 20.6. The van der Waals surface area contributed by atoms with Crippen LogP contribution in [0.5, 0.6) is 23.1 Å². The van der Waals surface area contributed by atoms with Crippen molar-refractivity contribution in [3.8, 4) is 34.3 Å². The monoisotopic (exact) mass is 459 g/mol.